The Balaban J connectivity index is 2.38. The average molecular weight is 232 g/mol. The molecule has 1 N–H and O–H groups in total. The minimum absolute atomic E-state index is 0.214. The van der Waals surface area contributed by atoms with Crippen LogP contribution in [-0.2, 0) is 4.79 Å². The smallest absolute Gasteiger partial charge is 0.303 e. The molecule has 1 aromatic carbocycles. The lowest BCUT2D eigenvalue weighted by Crippen LogP contribution is -2.10. The number of carboxylic acids is 1. The Morgan fingerprint density at radius 1 is 1.35 bits per heavy atom. The fourth-order valence-electron chi connectivity index (χ4n) is 2.68. The van der Waals surface area contributed by atoms with Crippen LogP contribution in [0.15, 0.2) is 12.1 Å². The van der Waals surface area contributed by atoms with Crippen LogP contribution in [0.1, 0.15) is 47.4 Å². The van der Waals surface area contributed by atoms with Gasteiger partial charge in [0.2, 0.25) is 0 Å². The summed E-state index contributed by atoms with van der Waals surface area (Å²) < 4.78 is 0. The fourth-order valence-corrected chi connectivity index (χ4v) is 2.68. The van der Waals surface area contributed by atoms with E-state index >= 15 is 0 Å². The van der Waals surface area contributed by atoms with Gasteiger partial charge in [0, 0.05) is 0 Å². The number of aliphatic carboxylic acids is 1. The Labute approximate surface area is 103 Å². The first-order chi connectivity index (χ1) is 7.99. The third kappa shape index (κ3) is 2.68. The normalized spacial score (nSPS) is 16.9. The van der Waals surface area contributed by atoms with Crippen LogP contribution >= 0.6 is 0 Å². The molecule has 0 aromatic heterocycles. The van der Waals surface area contributed by atoms with E-state index < -0.39 is 5.97 Å². The Hall–Kier alpha value is -1.31. The minimum Gasteiger partial charge on any atom is -0.481 e. The fraction of sp³-hybridized carbons (Fsp3) is 0.533. The molecule has 0 aliphatic heterocycles. The van der Waals surface area contributed by atoms with E-state index in [1.54, 1.807) is 0 Å². The molecule has 0 saturated heterocycles. The van der Waals surface area contributed by atoms with Crippen LogP contribution in [0.4, 0.5) is 0 Å². The second-order valence-corrected chi connectivity index (χ2v) is 5.34. The molecule has 1 fully saturated rings. The van der Waals surface area contributed by atoms with E-state index in [2.05, 4.69) is 32.9 Å². The number of benzene rings is 1. The average Bonchev–Trinajstić information content (AvgIpc) is 3.03. The second-order valence-electron chi connectivity index (χ2n) is 5.34. The van der Waals surface area contributed by atoms with Crippen molar-refractivity contribution in [1.29, 1.82) is 0 Å². The van der Waals surface area contributed by atoms with Crippen LogP contribution in [0.3, 0.4) is 0 Å². The third-order valence-corrected chi connectivity index (χ3v) is 3.84. The molecule has 1 aliphatic rings. The predicted octanol–water partition coefficient (Wildman–Crippen LogP) is 3.58. The van der Waals surface area contributed by atoms with Gasteiger partial charge in [0.25, 0.3) is 0 Å². The molecule has 0 bridgehead atoms. The lowest BCUT2D eigenvalue weighted by molar-refractivity contribution is -0.137. The number of carbonyl (C=O) groups is 1. The van der Waals surface area contributed by atoms with Gasteiger partial charge in [-0.1, -0.05) is 17.7 Å². The topological polar surface area (TPSA) is 37.3 Å². The molecular weight excluding hydrogens is 212 g/mol. The van der Waals surface area contributed by atoms with Crippen molar-refractivity contribution in [2.75, 3.05) is 0 Å². The molecule has 0 amide bonds. The Bertz CT molecular complexity index is 444. The summed E-state index contributed by atoms with van der Waals surface area (Å²) in [7, 11) is 0. The number of hydrogen-bond acceptors (Lipinski definition) is 1. The van der Waals surface area contributed by atoms with Crippen molar-refractivity contribution in [2.24, 2.45) is 5.92 Å². The van der Waals surface area contributed by atoms with E-state index in [1.807, 2.05) is 0 Å². The zero-order chi connectivity index (χ0) is 12.6. The quantitative estimate of drug-likeness (QED) is 0.861. The zero-order valence-electron chi connectivity index (χ0n) is 10.8. The SMILES string of the molecule is Cc1cc(C)c(C)c(C(CC(=O)O)C2CC2)c1. The van der Waals surface area contributed by atoms with E-state index in [9.17, 15) is 4.79 Å². The van der Waals surface area contributed by atoms with Crippen LogP contribution < -0.4 is 0 Å². The van der Waals surface area contributed by atoms with Crippen LogP contribution in [0.5, 0.6) is 0 Å². The van der Waals surface area contributed by atoms with Gasteiger partial charge in [0.1, 0.15) is 0 Å². The number of carboxylic acid groups (broad SMARTS) is 1. The highest BCUT2D eigenvalue weighted by atomic mass is 16.4. The van der Waals surface area contributed by atoms with Crippen molar-refractivity contribution in [2.45, 2.75) is 46.0 Å². The first-order valence-electron chi connectivity index (χ1n) is 6.28. The molecule has 1 saturated carbocycles. The van der Waals surface area contributed by atoms with E-state index in [-0.39, 0.29) is 12.3 Å². The van der Waals surface area contributed by atoms with Crippen LogP contribution in [0, 0.1) is 26.7 Å². The molecule has 1 atom stereocenters. The predicted molar refractivity (Wildman–Crippen MR) is 68.4 cm³/mol. The molecule has 1 aromatic rings. The largest absolute Gasteiger partial charge is 0.481 e. The minimum atomic E-state index is -0.680. The number of hydrogen-bond donors (Lipinski definition) is 1. The van der Waals surface area contributed by atoms with Gasteiger partial charge in [0.05, 0.1) is 6.42 Å². The molecule has 92 valence electrons. The summed E-state index contributed by atoms with van der Waals surface area (Å²) in [5.74, 6) is 0.123. The van der Waals surface area contributed by atoms with E-state index in [1.165, 1.54) is 35.1 Å². The van der Waals surface area contributed by atoms with Gasteiger partial charge >= 0.3 is 5.97 Å². The van der Waals surface area contributed by atoms with E-state index in [0.717, 1.165) is 0 Å². The van der Waals surface area contributed by atoms with Crippen molar-refractivity contribution in [1.82, 2.24) is 0 Å². The highest BCUT2D eigenvalue weighted by molar-refractivity contribution is 5.68. The van der Waals surface area contributed by atoms with Gasteiger partial charge in [-0.25, -0.2) is 0 Å². The monoisotopic (exact) mass is 232 g/mol. The summed E-state index contributed by atoms with van der Waals surface area (Å²) in [6, 6.07) is 4.35. The van der Waals surface area contributed by atoms with Crippen molar-refractivity contribution in [3.05, 3.63) is 34.4 Å². The van der Waals surface area contributed by atoms with Crippen LogP contribution in [0.25, 0.3) is 0 Å². The highest BCUT2D eigenvalue weighted by Crippen LogP contribution is 2.45. The van der Waals surface area contributed by atoms with Crippen molar-refractivity contribution < 1.29 is 9.90 Å². The van der Waals surface area contributed by atoms with Gasteiger partial charge < -0.3 is 5.11 Å². The maximum Gasteiger partial charge on any atom is 0.303 e. The van der Waals surface area contributed by atoms with Crippen molar-refractivity contribution in [3.63, 3.8) is 0 Å². The van der Waals surface area contributed by atoms with E-state index in [4.69, 9.17) is 5.11 Å². The standard InChI is InChI=1S/C15H20O2/c1-9-6-10(2)11(3)13(7-9)14(8-15(16)17)12-4-5-12/h6-7,12,14H,4-5,8H2,1-3H3,(H,16,17). The number of rotatable bonds is 4. The molecule has 1 aliphatic carbocycles. The van der Waals surface area contributed by atoms with Crippen LogP contribution in [0.2, 0.25) is 0 Å². The lowest BCUT2D eigenvalue weighted by atomic mass is 9.85. The molecular formula is C15H20O2. The van der Waals surface area contributed by atoms with Crippen molar-refractivity contribution >= 4 is 5.97 Å². The first kappa shape index (κ1) is 12.2. The van der Waals surface area contributed by atoms with Gasteiger partial charge in [0.15, 0.2) is 0 Å². The molecule has 0 spiro atoms. The van der Waals surface area contributed by atoms with E-state index in [0.29, 0.717) is 5.92 Å². The summed E-state index contributed by atoms with van der Waals surface area (Å²) in [6.07, 6.45) is 2.64. The number of aryl methyl sites for hydroxylation is 2. The molecule has 2 rings (SSSR count). The summed E-state index contributed by atoms with van der Waals surface area (Å²) in [5, 5.41) is 9.05. The first-order valence-corrected chi connectivity index (χ1v) is 6.28. The molecule has 17 heavy (non-hydrogen) atoms. The highest BCUT2D eigenvalue weighted by Gasteiger charge is 2.34. The zero-order valence-corrected chi connectivity index (χ0v) is 10.8. The van der Waals surface area contributed by atoms with Gasteiger partial charge in [-0.15, -0.1) is 0 Å². The molecule has 2 nitrogen and oxygen atoms in total. The molecule has 0 heterocycles. The van der Waals surface area contributed by atoms with Gasteiger partial charge in [-0.2, -0.15) is 0 Å². The Kier molecular flexibility index (Phi) is 3.23. The maximum atomic E-state index is 11.0. The molecule has 2 heteroatoms. The summed E-state index contributed by atoms with van der Waals surface area (Å²) in [4.78, 5) is 11.0. The summed E-state index contributed by atoms with van der Waals surface area (Å²) in [5.41, 5.74) is 5.04. The molecule has 0 radical (unpaired) electrons. The second kappa shape index (κ2) is 4.52. The van der Waals surface area contributed by atoms with Gasteiger partial charge in [-0.3, -0.25) is 4.79 Å². The van der Waals surface area contributed by atoms with Gasteiger partial charge in [-0.05, 0) is 62.1 Å². The molecule has 1 unspecified atom stereocenters. The summed E-state index contributed by atoms with van der Waals surface area (Å²) >= 11 is 0. The maximum absolute atomic E-state index is 11.0. The Morgan fingerprint density at radius 3 is 2.53 bits per heavy atom. The third-order valence-electron chi connectivity index (χ3n) is 3.84. The Morgan fingerprint density at radius 2 is 2.00 bits per heavy atom. The van der Waals surface area contributed by atoms with Crippen molar-refractivity contribution in [3.8, 4) is 0 Å². The summed E-state index contributed by atoms with van der Waals surface area (Å²) in [6.45, 7) is 6.30. The lowest BCUT2D eigenvalue weighted by Gasteiger charge is -2.19. The van der Waals surface area contributed by atoms with Crippen LogP contribution in [-0.4, -0.2) is 11.1 Å².